The van der Waals surface area contributed by atoms with Gasteiger partial charge in [-0.3, -0.25) is 0 Å². The van der Waals surface area contributed by atoms with Crippen LogP contribution in [0.15, 0.2) is 60.7 Å². The largest absolute Gasteiger partial charge is 0.337 e. The fourth-order valence-electron chi connectivity index (χ4n) is 3.30. The van der Waals surface area contributed by atoms with Crippen molar-refractivity contribution in [3.05, 3.63) is 106 Å². The van der Waals surface area contributed by atoms with E-state index < -0.39 is 23.3 Å². The van der Waals surface area contributed by atoms with E-state index in [1.165, 1.54) is 12.1 Å². The topological polar surface area (TPSA) is 33.2 Å². The van der Waals surface area contributed by atoms with Crippen molar-refractivity contribution in [1.82, 2.24) is 0 Å². The number of benzene rings is 3. The van der Waals surface area contributed by atoms with Crippen LogP contribution in [0.3, 0.4) is 0 Å². The summed E-state index contributed by atoms with van der Waals surface area (Å²) in [5.74, 6) is -3.33. The summed E-state index contributed by atoms with van der Waals surface area (Å²) in [6, 6.07) is 16.2. The third kappa shape index (κ3) is 5.68. The predicted octanol–water partition coefficient (Wildman–Crippen LogP) is 3.89. The van der Waals surface area contributed by atoms with Crippen molar-refractivity contribution in [3.63, 3.8) is 0 Å². The summed E-state index contributed by atoms with van der Waals surface area (Å²) >= 11 is 0. The van der Waals surface area contributed by atoms with Crippen LogP contribution in [-0.2, 0) is 13.1 Å². The minimum absolute atomic E-state index is 0.00469. The lowest BCUT2D eigenvalue weighted by atomic mass is 10.1. The molecule has 0 radical (unpaired) electrons. The van der Waals surface area contributed by atoms with Crippen molar-refractivity contribution in [2.24, 2.45) is 0 Å². The molecule has 0 aliphatic heterocycles. The smallest absolute Gasteiger partial charge is 0.159 e. The van der Waals surface area contributed by atoms with E-state index in [9.17, 15) is 17.6 Å². The highest BCUT2D eigenvalue weighted by atomic mass is 19.2. The molecule has 0 unspecified atom stereocenters. The first-order valence-corrected chi connectivity index (χ1v) is 9.98. The molecule has 0 saturated carbocycles. The summed E-state index contributed by atoms with van der Waals surface area (Å²) in [4.78, 5) is 0. The summed E-state index contributed by atoms with van der Waals surface area (Å²) < 4.78 is 52.9. The van der Waals surface area contributed by atoms with E-state index in [4.69, 9.17) is 0 Å². The standard InChI is InChI=1S/C24H24F4N2/c1-15(19-7-9-21(25)23(27)11-19)29-13-17-3-5-18(6-4-17)14-30-16(2)20-8-10-22(26)24(28)12-20/h3-12,15-16,29-30H,13-14H2,1-2H3/p+2/t15-,16-/m0/s1. The van der Waals surface area contributed by atoms with E-state index in [1.54, 1.807) is 12.1 Å². The molecule has 0 saturated heterocycles. The normalized spacial score (nSPS) is 13.3. The molecule has 0 aliphatic carbocycles. The zero-order valence-electron chi connectivity index (χ0n) is 17.0. The summed E-state index contributed by atoms with van der Waals surface area (Å²) in [6.45, 7) is 5.34. The van der Waals surface area contributed by atoms with Crippen molar-refractivity contribution in [2.75, 3.05) is 0 Å². The van der Waals surface area contributed by atoms with Crippen LogP contribution in [0.25, 0.3) is 0 Å². The van der Waals surface area contributed by atoms with Gasteiger partial charge in [0.25, 0.3) is 0 Å². The van der Waals surface area contributed by atoms with Gasteiger partial charge in [-0.1, -0.05) is 24.3 Å². The first-order chi connectivity index (χ1) is 14.3. The summed E-state index contributed by atoms with van der Waals surface area (Å²) in [5.41, 5.74) is 3.74. The minimum Gasteiger partial charge on any atom is -0.337 e. The van der Waals surface area contributed by atoms with Gasteiger partial charge in [0.1, 0.15) is 25.2 Å². The van der Waals surface area contributed by atoms with Crippen LogP contribution in [0.2, 0.25) is 0 Å². The third-order valence-electron chi connectivity index (χ3n) is 5.38. The highest BCUT2D eigenvalue weighted by Gasteiger charge is 2.13. The number of rotatable bonds is 8. The van der Waals surface area contributed by atoms with Crippen molar-refractivity contribution >= 4 is 0 Å². The molecule has 30 heavy (non-hydrogen) atoms. The lowest BCUT2D eigenvalue weighted by Crippen LogP contribution is -2.83. The van der Waals surface area contributed by atoms with Crippen LogP contribution in [0, 0.1) is 23.3 Å². The summed E-state index contributed by atoms with van der Waals surface area (Å²) in [6.07, 6.45) is 0. The highest BCUT2D eigenvalue weighted by Crippen LogP contribution is 2.15. The Morgan fingerprint density at radius 1 is 0.567 bits per heavy atom. The predicted molar refractivity (Wildman–Crippen MR) is 107 cm³/mol. The van der Waals surface area contributed by atoms with E-state index >= 15 is 0 Å². The molecule has 3 rings (SSSR count). The Balaban J connectivity index is 1.50. The Morgan fingerprint density at radius 2 is 0.933 bits per heavy atom. The molecule has 0 fully saturated rings. The maximum absolute atomic E-state index is 13.4. The van der Waals surface area contributed by atoms with Crippen LogP contribution in [-0.4, -0.2) is 0 Å². The number of quaternary nitrogens is 2. The van der Waals surface area contributed by atoms with Gasteiger partial charge >= 0.3 is 0 Å². The molecule has 0 heterocycles. The Hall–Kier alpha value is -2.70. The first-order valence-electron chi connectivity index (χ1n) is 9.98. The molecule has 0 bridgehead atoms. The Morgan fingerprint density at radius 3 is 1.27 bits per heavy atom. The third-order valence-corrected chi connectivity index (χ3v) is 5.38. The van der Waals surface area contributed by atoms with E-state index in [0.29, 0.717) is 0 Å². The molecule has 0 amide bonds. The highest BCUT2D eigenvalue weighted by molar-refractivity contribution is 5.22. The summed E-state index contributed by atoms with van der Waals surface area (Å²) in [7, 11) is 0. The average molecular weight is 418 g/mol. The van der Waals surface area contributed by atoms with Crippen LogP contribution < -0.4 is 10.6 Å². The number of hydrogen-bond acceptors (Lipinski definition) is 0. The van der Waals surface area contributed by atoms with Crippen LogP contribution in [0.1, 0.15) is 48.2 Å². The molecule has 2 atom stereocenters. The molecule has 158 valence electrons. The van der Waals surface area contributed by atoms with Gasteiger partial charge in [0.15, 0.2) is 23.3 Å². The van der Waals surface area contributed by atoms with Gasteiger partial charge in [0, 0.05) is 22.3 Å². The number of hydrogen-bond donors (Lipinski definition) is 2. The fraction of sp³-hybridized carbons (Fsp3) is 0.250. The van der Waals surface area contributed by atoms with Gasteiger partial charge < -0.3 is 10.6 Å². The number of nitrogens with two attached hydrogens (primary N) is 2. The quantitative estimate of drug-likeness (QED) is 0.521. The molecule has 0 spiro atoms. The molecule has 3 aromatic carbocycles. The molecular weight excluding hydrogens is 392 g/mol. The van der Waals surface area contributed by atoms with Gasteiger partial charge in [-0.25, -0.2) is 17.6 Å². The van der Waals surface area contributed by atoms with E-state index in [1.807, 2.05) is 38.1 Å². The molecule has 3 aromatic rings. The summed E-state index contributed by atoms with van der Waals surface area (Å²) in [5, 5.41) is 4.14. The SMILES string of the molecule is C[C@H]([NH2+]Cc1ccc(C[NH2+][C@@H](C)c2ccc(F)c(F)c2)cc1)c1ccc(F)c(F)c1. The van der Waals surface area contributed by atoms with Crippen molar-refractivity contribution in [3.8, 4) is 0 Å². The fourth-order valence-corrected chi connectivity index (χ4v) is 3.30. The first kappa shape index (κ1) is 22.0. The lowest BCUT2D eigenvalue weighted by Gasteiger charge is -2.13. The van der Waals surface area contributed by atoms with Crippen molar-refractivity contribution in [1.29, 1.82) is 0 Å². The average Bonchev–Trinajstić information content (AvgIpc) is 2.74. The molecule has 2 nitrogen and oxygen atoms in total. The van der Waals surface area contributed by atoms with Gasteiger partial charge in [-0.15, -0.1) is 0 Å². The van der Waals surface area contributed by atoms with E-state index in [-0.39, 0.29) is 12.1 Å². The van der Waals surface area contributed by atoms with Crippen LogP contribution >= 0.6 is 0 Å². The second kappa shape index (κ2) is 9.87. The molecular formula is C24H26F4N2+2. The monoisotopic (exact) mass is 418 g/mol. The molecule has 6 heteroatoms. The van der Waals surface area contributed by atoms with Crippen LogP contribution in [0.4, 0.5) is 17.6 Å². The number of halogens is 4. The Kier molecular flexibility index (Phi) is 7.24. The van der Waals surface area contributed by atoms with E-state index in [2.05, 4.69) is 10.6 Å². The van der Waals surface area contributed by atoms with Gasteiger partial charge in [0.05, 0.1) is 0 Å². The van der Waals surface area contributed by atoms with E-state index in [0.717, 1.165) is 47.5 Å². The Labute approximate surface area is 173 Å². The second-order valence-electron chi connectivity index (χ2n) is 7.62. The minimum atomic E-state index is -0.836. The lowest BCUT2D eigenvalue weighted by molar-refractivity contribution is -0.708. The van der Waals surface area contributed by atoms with Crippen molar-refractivity contribution in [2.45, 2.75) is 39.0 Å². The zero-order valence-corrected chi connectivity index (χ0v) is 17.0. The van der Waals surface area contributed by atoms with Gasteiger partial charge in [-0.2, -0.15) is 0 Å². The van der Waals surface area contributed by atoms with Gasteiger partial charge in [0.2, 0.25) is 0 Å². The molecule has 4 N–H and O–H groups in total. The maximum Gasteiger partial charge on any atom is 0.159 e. The zero-order chi connectivity index (χ0) is 21.7. The molecule has 0 aliphatic rings. The maximum atomic E-state index is 13.4. The van der Waals surface area contributed by atoms with Gasteiger partial charge in [-0.05, 0) is 50.2 Å². The molecule has 0 aromatic heterocycles. The second-order valence-corrected chi connectivity index (χ2v) is 7.62. The Bertz CT molecular complexity index is 908. The van der Waals surface area contributed by atoms with Crippen LogP contribution in [0.5, 0.6) is 0 Å². The van der Waals surface area contributed by atoms with Crippen molar-refractivity contribution < 1.29 is 28.2 Å².